The Kier molecular flexibility index (Phi) is 4.41. The standard InChI is InChI=1S/C25H28O4S/c1-23-9-7-16(27)12-15(23)5-6-17-18(23)8-10-24(2)19(17)13-20(21-4-3-11-30-21)25(24,29)22(28)14-26/h3-4,7-9,11-12,17,19-20,26,29H,5-6,10,13-14H2,1-2H3/t17?,19?,20-,23+,24+,25+/m1/s1. The SMILES string of the molecule is C[C@]12C=CC(=O)C=C1CCC1C2=CC[C@@]2(C)C1C[C@H](c1cccs1)[C@]2(O)C(=O)CO. The molecular formula is C25H28O4S. The van der Waals surface area contributed by atoms with Crippen LogP contribution in [0.3, 0.4) is 0 Å². The van der Waals surface area contributed by atoms with Crippen molar-refractivity contribution in [3.05, 3.63) is 57.8 Å². The Labute approximate surface area is 181 Å². The minimum Gasteiger partial charge on any atom is -0.388 e. The zero-order valence-corrected chi connectivity index (χ0v) is 18.2. The van der Waals surface area contributed by atoms with Gasteiger partial charge in [0, 0.05) is 21.6 Å². The zero-order valence-electron chi connectivity index (χ0n) is 17.4. The summed E-state index contributed by atoms with van der Waals surface area (Å²) in [5.41, 5.74) is 0.0569. The molecule has 4 aliphatic rings. The summed E-state index contributed by atoms with van der Waals surface area (Å²) in [5, 5.41) is 23.7. The third-order valence-corrected chi connectivity index (χ3v) is 9.64. The molecule has 4 aliphatic carbocycles. The average molecular weight is 425 g/mol. The van der Waals surface area contributed by atoms with Gasteiger partial charge >= 0.3 is 0 Å². The van der Waals surface area contributed by atoms with Crippen LogP contribution in [0, 0.1) is 22.7 Å². The van der Waals surface area contributed by atoms with Crippen LogP contribution in [0.15, 0.2) is 53.0 Å². The lowest BCUT2D eigenvalue weighted by atomic mass is 9.51. The summed E-state index contributed by atoms with van der Waals surface area (Å²) in [6.07, 6.45) is 10.8. The minimum atomic E-state index is -1.57. The van der Waals surface area contributed by atoms with E-state index in [1.165, 1.54) is 11.1 Å². The van der Waals surface area contributed by atoms with Crippen molar-refractivity contribution in [1.82, 2.24) is 0 Å². The van der Waals surface area contributed by atoms with Gasteiger partial charge in [-0.2, -0.15) is 0 Å². The van der Waals surface area contributed by atoms with Crippen molar-refractivity contribution in [1.29, 1.82) is 0 Å². The first-order valence-corrected chi connectivity index (χ1v) is 11.7. The van der Waals surface area contributed by atoms with Crippen LogP contribution in [0.25, 0.3) is 0 Å². The number of hydrogen-bond acceptors (Lipinski definition) is 5. The Balaban J connectivity index is 1.62. The van der Waals surface area contributed by atoms with Crippen LogP contribution in [0.2, 0.25) is 0 Å². The van der Waals surface area contributed by atoms with Gasteiger partial charge in [0.1, 0.15) is 12.2 Å². The van der Waals surface area contributed by atoms with Crippen molar-refractivity contribution in [2.45, 2.75) is 51.0 Å². The van der Waals surface area contributed by atoms with E-state index >= 15 is 0 Å². The number of carbonyl (C=O) groups is 2. The summed E-state index contributed by atoms with van der Waals surface area (Å²) in [4.78, 5) is 26.0. The number of Topliss-reactive ketones (excluding diaryl/α,β-unsaturated/α-hetero) is 1. The molecule has 2 fully saturated rings. The number of aliphatic hydroxyl groups is 2. The Bertz CT molecular complexity index is 1000. The van der Waals surface area contributed by atoms with E-state index in [2.05, 4.69) is 13.0 Å². The first-order chi connectivity index (χ1) is 14.3. The number of aliphatic hydroxyl groups excluding tert-OH is 1. The summed E-state index contributed by atoms with van der Waals surface area (Å²) in [6.45, 7) is 3.59. The third-order valence-electron chi connectivity index (χ3n) is 8.66. The lowest BCUT2D eigenvalue weighted by molar-refractivity contribution is -0.158. The van der Waals surface area contributed by atoms with Gasteiger partial charge in [-0.05, 0) is 68.0 Å². The van der Waals surface area contributed by atoms with Crippen LogP contribution in [0.4, 0.5) is 0 Å². The molecule has 1 aromatic heterocycles. The van der Waals surface area contributed by atoms with Gasteiger partial charge < -0.3 is 10.2 Å². The molecule has 5 rings (SSSR count). The lowest BCUT2D eigenvalue weighted by Gasteiger charge is -2.53. The van der Waals surface area contributed by atoms with Gasteiger partial charge in [0.15, 0.2) is 11.6 Å². The second-order valence-electron chi connectivity index (χ2n) is 9.79. The van der Waals surface area contributed by atoms with E-state index < -0.39 is 23.4 Å². The second-order valence-corrected chi connectivity index (χ2v) is 10.8. The smallest absolute Gasteiger partial charge is 0.190 e. The van der Waals surface area contributed by atoms with Crippen molar-refractivity contribution in [3.63, 3.8) is 0 Å². The summed E-state index contributed by atoms with van der Waals surface area (Å²) in [7, 11) is 0. The van der Waals surface area contributed by atoms with Crippen LogP contribution >= 0.6 is 11.3 Å². The topological polar surface area (TPSA) is 74.6 Å². The molecule has 6 atom stereocenters. The normalized spacial score (nSPS) is 42.1. The maximum absolute atomic E-state index is 13.0. The highest BCUT2D eigenvalue weighted by Gasteiger charge is 2.68. The number of thiophene rings is 1. The fourth-order valence-electron chi connectivity index (χ4n) is 7.02. The van der Waals surface area contributed by atoms with E-state index in [0.29, 0.717) is 6.42 Å². The molecule has 0 bridgehead atoms. The number of allylic oxidation sites excluding steroid dienone is 6. The molecule has 1 aromatic rings. The highest BCUT2D eigenvalue weighted by atomic mass is 32.1. The molecule has 158 valence electrons. The number of carbonyl (C=O) groups excluding carboxylic acids is 2. The first-order valence-electron chi connectivity index (χ1n) is 10.8. The monoisotopic (exact) mass is 424 g/mol. The van der Waals surface area contributed by atoms with Gasteiger partial charge in [-0.25, -0.2) is 0 Å². The molecule has 2 N–H and O–H groups in total. The van der Waals surface area contributed by atoms with Crippen LogP contribution in [-0.4, -0.2) is 34.0 Å². The molecule has 0 spiro atoms. The summed E-state index contributed by atoms with van der Waals surface area (Å²) < 4.78 is 0. The van der Waals surface area contributed by atoms with Crippen molar-refractivity contribution in [3.8, 4) is 0 Å². The highest BCUT2D eigenvalue weighted by Crippen LogP contribution is 2.68. The van der Waals surface area contributed by atoms with Gasteiger partial charge in [-0.1, -0.05) is 36.3 Å². The zero-order chi connectivity index (χ0) is 21.3. The van der Waals surface area contributed by atoms with Crippen molar-refractivity contribution >= 4 is 22.9 Å². The summed E-state index contributed by atoms with van der Waals surface area (Å²) in [6, 6.07) is 3.96. The second kappa shape index (κ2) is 6.59. The van der Waals surface area contributed by atoms with E-state index in [4.69, 9.17) is 0 Å². The Morgan fingerprint density at radius 2 is 2.13 bits per heavy atom. The number of rotatable bonds is 3. The minimum absolute atomic E-state index is 0.0590. The van der Waals surface area contributed by atoms with Crippen LogP contribution in [0.1, 0.15) is 50.3 Å². The molecule has 1 heterocycles. The largest absolute Gasteiger partial charge is 0.388 e. The molecular weight excluding hydrogens is 396 g/mol. The van der Waals surface area contributed by atoms with Gasteiger partial charge in [0.2, 0.25) is 0 Å². The molecule has 0 amide bonds. The van der Waals surface area contributed by atoms with E-state index in [-0.39, 0.29) is 29.0 Å². The van der Waals surface area contributed by atoms with E-state index in [1.54, 1.807) is 23.5 Å². The molecule has 30 heavy (non-hydrogen) atoms. The van der Waals surface area contributed by atoms with Gasteiger partial charge in [0.25, 0.3) is 0 Å². The molecule has 0 radical (unpaired) electrons. The quantitative estimate of drug-likeness (QED) is 0.720. The van der Waals surface area contributed by atoms with Gasteiger partial charge in [0.05, 0.1) is 0 Å². The van der Waals surface area contributed by atoms with E-state index in [9.17, 15) is 19.8 Å². The first kappa shape index (κ1) is 20.1. The Morgan fingerprint density at radius 3 is 2.83 bits per heavy atom. The molecule has 0 saturated heterocycles. The fraction of sp³-hybridized carbons (Fsp3) is 0.520. The van der Waals surface area contributed by atoms with Crippen LogP contribution < -0.4 is 0 Å². The molecule has 0 aromatic carbocycles. The Morgan fingerprint density at radius 1 is 1.33 bits per heavy atom. The third kappa shape index (κ3) is 2.40. The van der Waals surface area contributed by atoms with Crippen molar-refractivity contribution < 1.29 is 19.8 Å². The predicted octanol–water partition coefficient (Wildman–Crippen LogP) is 3.96. The molecule has 4 nitrogen and oxygen atoms in total. The van der Waals surface area contributed by atoms with Crippen LogP contribution in [-0.2, 0) is 9.59 Å². The number of ketones is 2. The predicted molar refractivity (Wildman–Crippen MR) is 116 cm³/mol. The van der Waals surface area contributed by atoms with E-state index in [0.717, 1.165) is 24.1 Å². The maximum Gasteiger partial charge on any atom is 0.190 e. The maximum atomic E-state index is 13.0. The molecule has 5 heteroatoms. The van der Waals surface area contributed by atoms with E-state index in [1.807, 2.05) is 30.5 Å². The highest BCUT2D eigenvalue weighted by molar-refractivity contribution is 7.10. The molecule has 0 aliphatic heterocycles. The summed E-state index contributed by atoms with van der Waals surface area (Å²) >= 11 is 1.57. The fourth-order valence-corrected chi connectivity index (χ4v) is 7.92. The molecule has 2 unspecified atom stereocenters. The average Bonchev–Trinajstić information content (AvgIpc) is 3.33. The number of fused-ring (bicyclic) bond motifs is 5. The van der Waals surface area contributed by atoms with Gasteiger partial charge in [-0.15, -0.1) is 11.3 Å². The Hall–Kier alpha value is -1.82. The van der Waals surface area contributed by atoms with Gasteiger partial charge in [-0.3, -0.25) is 9.59 Å². The van der Waals surface area contributed by atoms with Crippen molar-refractivity contribution in [2.24, 2.45) is 22.7 Å². The summed E-state index contributed by atoms with van der Waals surface area (Å²) in [5.74, 6) is -0.299. The molecule has 2 saturated carbocycles. The van der Waals surface area contributed by atoms with Crippen LogP contribution in [0.5, 0.6) is 0 Å². The lowest BCUT2D eigenvalue weighted by Crippen LogP contribution is -2.57. The number of hydrogen-bond donors (Lipinski definition) is 2. The van der Waals surface area contributed by atoms with Crippen molar-refractivity contribution in [2.75, 3.05) is 6.61 Å².